The Hall–Kier alpha value is -0.610. The highest BCUT2D eigenvalue weighted by molar-refractivity contribution is 6.31. The lowest BCUT2D eigenvalue weighted by molar-refractivity contribution is 0.0967. The van der Waals surface area contributed by atoms with Gasteiger partial charge < -0.3 is 10.8 Å². The minimum atomic E-state index is 0.0303. The number of likely N-dealkylation sites (tertiary alicyclic amines) is 1. The zero-order valence-electron chi connectivity index (χ0n) is 12.1. The van der Waals surface area contributed by atoms with E-state index in [1.807, 2.05) is 25.1 Å². The summed E-state index contributed by atoms with van der Waals surface area (Å²) in [6, 6.07) is 8.17. The van der Waals surface area contributed by atoms with E-state index in [1.165, 1.54) is 12.8 Å². The summed E-state index contributed by atoms with van der Waals surface area (Å²) in [4.78, 5) is 2.44. The van der Waals surface area contributed by atoms with Crippen molar-refractivity contribution in [2.24, 2.45) is 11.7 Å². The van der Waals surface area contributed by atoms with Crippen LogP contribution in [0, 0.1) is 5.92 Å². The van der Waals surface area contributed by atoms with E-state index in [0.717, 1.165) is 30.1 Å². The van der Waals surface area contributed by atoms with Crippen LogP contribution in [0.5, 0.6) is 0 Å². The summed E-state index contributed by atoms with van der Waals surface area (Å²) in [5, 5.41) is 9.94. The van der Waals surface area contributed by atoms with E-state index in [9.17, 15) is 0 Å². The lowest BCUT2D eigenvalue weighted by Crippen LogP contribution is -2.45. The molecule has 1 saturated heterocycles. The molecule has 0 saturated carbocycles. The molecule has 0 spiro atoms. The van der Waals surface area contributed by atoms with Gasteiger partial charge in [-0.05, 0) is 50.3 Å². The van der Waals surface area contributed by atoms with Gasteiger partial charge in [-0.25, -0.2) is 0 Å². The fourth-order valence-electron chi connectivity index (χ4n) is 3.30. The van der Waals surface area contributed by atoms with Crippen molar-refractivity contribution in [2.75, 3.05) is 19.7 Å². The Morgan fingerprint density at radius 2 is 2.20 bits per heavy atom. The molecule has 4 heteroatoms. The average Bonchev–Trinajstić information content (AvgIpc) is 2.42. The summed E-state index contributed by atoms with van der Waals surface area (Å²) in [6.07, 6.45) is 3.24. The zero-order chi connectivity index (χ0) is 14.5. The minimum absolute atomic E-state index is 0.0303. The van der Waals surface area contributed by atoms with E-state index in [4.69, 9.17) is 22.4 Å². The van der Waals surface area contributed by atoms with Crippen molar-refractivity contribution < 1.29 is 5.11 Å². The third-order valence-corrected chi connectivity index (χ3v) is 4.55. The van der Waals surface area contributed by atoms with Gasteiger partial charge in [-0.15, -0.1) is 0 Å². The van der Waals surface area contributed by atoms with E-state index in [-0.39, 0.29) is 18.7 Å². The second-order valence-electron chi connectivity index (χ2n) is 5.84. The molecule has 3 N–H and O–H groups in total. The maximum atomic E-state index is 9.15. The van der Waals surface area contributed by atoms with Gasteiger partial charge in [-0.3, -0.25) is 4.90 Å². The van der Waals surface area contributed by atoms with Crippen molar-refractivity contribution in [2.45, 2.75) is 38.3 Å². The molecule has 112 valence electrons. The molecule has 3 unspecified atom stereocenters. The third kappa shape index (κ3) is 3.73. The number of piperidine rings is 1. The van der Waals surface area contributed by atoms with Crippen LogP contribution in [0.15, 0.2) is 24.3 Å². The lowest BCUT2D eigenvalue weighted by Gasteiger charge is -2.40. The number of nitrogens with zero attached hydrogens (tertiary/aromatic N) is 1. The molecular weight excluding hydrogens is 272 g/mol. The van der Waals surface area contributed by atoms with Gasteiger partial charge in [0.1, 0.15) is 0 Å². The van der Waals surface area contributed by atoms with Crippen molar-refractivity contribution in [1.29, 1.82) is 0 Å². The molecule has 1 heterocycles. The largest absolute Gasteiger partial charge is 0.396 e. The highest BCUT2D eigenvalue weighted by atomic mass is 35.5. The molecule has 0 amide bonds. The first kappa shape index (κ1) is 15.8. The summed E-state index contributed by atoms with van der Waals surface area (Å²) in [5.41, 5.74) is 7.36. The van der Waals surface area contributed by atoms with E-state index in [1.54, 1.807) is 0 Å². The standard InChI is InChI=1S/C16H25ClN2O/c1-12(18)16(14-6-2-3-7-15(14)17)19-9-4-5-13(11-19)8-10-20/h2-3,6-7,12-13,16,20H,4-5,8-11,18H2,1H3. The fraction of sp³-hybridized carbons (Fsp3) is 0.625. The quantitative estimate of drug-likeness (QED) is 0.878. The second-order valence-corrected chi connectivity index (χ2v) is 6.25. The normalized spacial score (nSPS) is 23.5. The van der Waals surface area contributed by atoms with Crippen LogP contribution in [0.3, 0.4) is 0 Å². The first-order valence-electron chi connectivity index (χ1n) is 7.48. The van der Waals surface area contributed by atoms with Crippen LogP contribution in [0.25, 0.3) is 0 Å². The van der Waals surface area contributed by atoms with Crippen LogP contribution in [0.2, 0.25) is 5.02 Å². The highest BCUT2D eigenvalue weighted by Gasteiger charge is 2.30. The summed E-state index contributed by atoms with van der Waals surface area (Å²) in [7, 11) is 0. The van der Waals surface area contributed by atoms with Crippen molar-refractivity contribution in [3.8, 4) is 0 Å². The summed E-state index contributed by atoms with van der Waals surface area (Å²) in [5.74, 6) is 0.567. The molecule has 3 nitrogen and oxygen atoms in total. The summed E-state index contributed by atoms with van der Waals surface area (Å²) in [6.45, 7) is 4.37. The van der Waals surface area contributed by atoms with Gasteiger partial charge in [0.25, 0.3) is 0 Å². The average molecular weight is 297 g/mol. The van der Waals surface area contributed by atoms with Crippen molar-refractivity contribution >= 4 is 11.6 Å². The molecule has 0 aliphatic carbocycles. The smallest absolute Gasteiger partial charge is 0.0511 e. The predicted octanol–water partition coefficient (Wildman–Crippen LogP) is 2.82. The Bertz CT molecular complexity index is 423. The van der Waals surface area contributed by atoms with Gasteiger partial charge in [0.2, 0.25) is 0 Å². The van der Waals surface area contributed by atoms with Gasteiger partial charge in [0, 0.05) is 24.2 Å². The maximum absolute atomic E-state index is 9.15. The Morgan fingerprint density at radius 1 is 1.45 bits per heavy atom. The highest BCUT2D eigenvalue weighted by Crippen LogP contribution is 2.33. The lowest BCUT2D eigenvalue weighted by atomic mass is 9.90. The SMILES string of the molecule is CC(N)C(c1ccccc1Cl)N1CCCC(CCO)C1. The van der Waals surface area contributed by atoms with Gasteiger partial charge >= 0.3 is 0 Å². The molecule has 1 aromatic rings. The van der Waals surface area contributed by atoms with E-state index >= 15 is 0 Å². The van der Waals surface area contributed by atoms with Gasteiger partial charge in [0.05, 0.1) is 6.04 Å². The van der Waals surface area contributed by atoms with Crippen LogP contribution in [0.4, 0.5) is 0 Å². The van der Waals surface area contributed by atoms with Crippen molar-refractivity contribution in [3.63, 3.8) is 0 Å². The molecule has 0 bridgehead atoms. The number of aliphatic hydroxyl groups is 1. The van der Waals surface area contributed by atoms with Crippen LogP contribution in [-0.4, -0.2) is 35.7 Å². The maximum Gasteiger partial charge on any atom is 0.0511 e. The molecule has 3 atom stereocenters. The van der Waals surface area contributed by atoms with E-state index in [2.05, 4.69) is 11.0 Å². The number of halogens is 1. The summed E-state index contributed by atoms with van der Waals surface area (Å²) < 4.78 is 0. The van der Waals surface area contributed by atoms with Crippen LogP contribution >= 0.6 is 11.6 Å². The zero-order valence-corrected chi connectivity index (χ0v) is 12.9. The fourth-order valence-corrected chi connectivity index (χ4v) is 3.54. The van der Waals surface area contributed by atoms with Crippen molar-refractivity contribution in [3.05, 3.63) is 34.9 Å². The molecule has 2 rings (SSSR count). The van der Waals surface area contributed by atoms with Gasteiger partial charge in [-0.2, -0.15) is 0 Å². The molecule has 0 radical (unpaired) electrons. The Labute approximate surface area is 126 Å². The molecule has 1 fully saturated rings. The van der Waals surface area contributed by atoms with E-state index < -0.39 is 0 Å². The minimum Gasteiger partial charge on any atom is -0.396 e. The molecule has 1 aliphatic rings. The molecular formula is C16H25ClN2O. The molecule has 1 aliphatic heterocycles. The number of rotatable bonds is 5. The van der Waals surface area contributed by atoms with Gasteiger partial charge in [-0.1, -0.05) is 29.8 Å². The monoisotopic (exact) mass is 296 g/mol. The Morgan fingerprint density at radius 3 is 2.85 bits per heavy atom. The molecule has 20 heavy (non-hydrogen) atoms. The van der Waals surface area contributed by atoms with Crippen LogP contribution < -0.4 is 5.73 Å². The van der Waals surface area contributed by atoms with Crippen LogP contribution in [0.1, 0.15) is 37.8 Å². The number of hydrogen-bond acceptors (Lipinski definition) is 3. The molecule has 1 aromatic carbocycles. The topological polar surface area (TPSA) is 49.5 Å². The number of benzene rings is 1. The second kappa shape index (κ2) is 7.41. The number of nitrogens with two attached hydrogens (primary N) is 1. The van der Waals surface area contributed by atoms with Crippen LogP contribution in [-0.2, 0) is 0 Å². The van der Waals surface area contributed by atoms with E-state index in [0.29, 0.717) is 5.92 Å². The molecule has 0 aromatic heterocycles. The van der Waals surface area contributed by atoms with Gasteiger partial charge in [0.15, 0.2) is 0 Å². The van der Waals surface area contributed by atoms with Crippen molar-refractivity contribution in [1.82, 2.24) is 4.90 Å². The first-order valence-corrected chi connectivity index (χ1v) is 7.86. The first-order chi connectivity index (χ1) is 9.63. The number of hydrogen-bond donors (Lipinski definition) is 2. The summed E-state index contributed by atoms with van der Waals surface area (Å²) >= 11 is 6.36. The Balaban J connectivity index is 2.18. The number of aliphatic hydroxyl groups excluding tert-OH is 1. The third-order valence-electron chi connectivity index (χ3n) is 4.20. The predicted molar refractivity (Wildman–Crippen MR) is 83.8 cm³/mol. The Kier molecular flexibility index (Phi) is 5.85.